The Morgan fingerprint density at radius 1 is 0.864 bits per heavy atom. The highest BCUT2D eigenvalue weighted by Crippen LogP contribution is 2.11. The molecular formula is C18H17N3O. The van der Waals surface area contributed by atoms with Crippen molar-refractivity contribution in [1.29, 1.82) is 0 Å². The van der Waals surface area contributed by atoms with Crippen LogP contribution in [0, 0.1) is 0 Å². The predicted octanol–water partition coefficient (Wildman–Crippen LogP) is 2.92. The van der Waals surface area contributed by atoms with Crippen LogP contribution in [0.15, 0.2) is 60.7 Å². The minimum Gasteiger partial charge on any atom is -0.296 e. The second-order valence-electron chi connectivity index (χ2n) is 5.17. The SMILES string of the molecule is O=Cc1nnn(Cc2ccccc2)c1CCc1ccccc1. The van der Waals surface area contributed by atoms with Crippen LogP contribution < -0.4 is 0 Å². The Morgan fingerprint density at radius 3 is 2.14 bits per heavy atom. The van der Waals surface area contributed by atoms with Crippen LogP contribution in [0.1, 0.15) is 27.3 Å². The number of aryl methyl sites for hydroxylation is 1. The molecule has 2 aromatic carbocycles. The smallest absolute Gasteiger partial charge is 0.172 e. The largest absolute Gasteiger partial charge is 0.296 e. The summed E-state index contributed by atoms with van der Waals surface area (Å²) < 4.78 is 1.82. The molecule has 1 heterocycles. The van der Waals surface area contributed by atoms with Crippen LogP contribution >= 0.6 is 0 Å². The monoisotopic (exact) mass is 291 g/mol. The van der Waals surface area contributed by atoms with E-state index in [1.54, 1.807) is 0 Å². The molecule has 0 aliphatic carbocycles. The van der Waals surface area contributed by atoms with Gasteiger partial charge in [-0.25, -0.2) is 4.68 Å². The molecule has 0 spiro atoms. The molecule has 0 aliphatic heterocycles. The number of hydrogen-bond acceptors (Lipinski definition) is 3. The maximum atomic E-state index is 11.2. The Kier molecular flexibility index (Phi) is 4.39. The Balaban J connectivity index is 1.79. The van der Waals surface area contributed by atoms with Gasteiger partial charge in [0.2, 0.25) is 0 Å². The van der Waals surface area contributed by atoms with Crippen molar-refractivity contribution in [3.05, 3.63) is 83.2 Å². The van der Waals surface area contributed by atoms with Crippen LogP contribution in [0.4, 0.5) is 0 Å². The first kappa shape index (κ1) is 14.2. The van der Waals surface area contributed by atoms with Gasteiger partial charge in [0.15, 0.2) is 6.29 Å². The number of carbonyl (C=O) groups excluding carboxylic acids is 1. The maximum absolute atomic E-state index is 11.2. The van der Waals surface area contributed by atoms with Crippen molar-refractivity contribution < 1.29 is 4.79 Å². The van der Waals surface area contributed by atoms with E-state index in [9.17, 15) is 4.79 Å². The normalized spacial score (nSPS) is 10.5. The fourth-order valence-electron chi connectivity index (χ4n) is 2.49. The summed E-state index contributed by atoms with van der Waals surface area (Å²) in [6, 6.07) is 20.3. The third kappa shape index (κ3) is 3.28. The molecule has 4 nitrogen and oxygen atoms in total. The van der Waals surface area contributed by atoms with Crippen LogP contribution in [-0.2, 0) is 19.4 Å². The molecule has 0 aliphatic rings. The van der Waals surface area contributed by atoms with E-state index in [1.807, 2.05) is 53.2 Å². The van der Waals surface area contributed by atoms with Gasteiger partial charge in [-0.15, -0.1) is 5.10 Å². The second kappa shape index (κ2) is 6.80. The zero-order valence-corrected chi connectivity index (χ0v) is 12.2. The molecule has 0 saturated heterocycles. The van der Waals surface area contributed by atoms with Gasteiger partial charge in [-0.3, -0.25) is 4.79 Å². The summed E-state index contributed by atoms with van der Waals surface area (Å²) in [4.78, 5) is 11.2. The minimum atomic E-state index is 0.437. The Hall–Kier alpha value is -2.75. The number of nitrogens with zero attached hydrogens (tertiary/aromatic N) is 3. The molecule has 0 radical (unpaired) electrons. The second-order valence-corrected chi connectivity index (χ2v) is 5.17. The summed E-state index contributed by atoms with van der Waals surface area (Å²) in [5.74, 6) is 0. The van der Waals surface area contributed by atoms with Crippen LogP contribution in [0.25, 0.3) is 0 Å². The highest BCUT2D eigenvalue weighted by atomic mass is 16.1. The summed E-state index contributed by atoms with van der Waals surface area (Å²) in [6.45, 7) is 0.631. The van der Waals surface area contributed by atoms with E-state index in [1.165, 1.54) is 5.56 Å². The standard InChI is InChI=1S/C18H17N3O/c22-14-17-18(12-11-15-7-3-1-4-8-15)21(20-19-17)13-16-9-5-2-6-10-16/h1-10,14H,11-13H2. The van der Waals surface area contributed by atoms with Gasteiger partial charge in [-0.1, -0.05) is 65.9 Å². The third-order valence-electron chi connectivity index (χ3n) is 3.65. The van der Waals surface area contributed by atoms with E-state index in [4.69, 9.17) is 0 Å². The van der Waals surface area contributed by atoms with Crippen molar-refractivity contribution in [2.24, 2.45) is 0 Å². The first-order valence-electron chi connectivity index (χ1n) is 7.32. The molecule has 110 valence electrons. The van der Waals surface area contributed by atoms with E-state index in [-0.39, 0.29) is 0 Å². The van der Waals surface area contributed by atoms with Gasteiger partial charge < -0.3 is 0 Å². The molecule has 3 aromatic rings. The summed E-state index contributed by atoms with van der Waals surface area (Å²) in [5, 5.41) is 8.12. The lowest BCUT2D eigenvalue weighted by molar-refractivity contribution is 0.111. The highest BCUT2D eigenvalue weighted by Gasteiger charge is 2.12. The number of benzene rings is 2. The summed E-state index contributed by atoms with van der Waals surface area (Å²) in [6.07, 6.45) is 2.40. The van der Waals surface area contributed by atoms with Crippen LogP contribution in [0.5, 0.6) is 0 Å². The van der Waals surface area contributed by atoms with Crippen molar-refractivity contribution in [2.75, 3.05) is 0 Å². The number of rotatable bonds is 6. The van der Waals surface area contributed by atoms with Crippen molar-refractivity contribution >= 4 is 6.29 Å². The summed E-state index contributed by atoms with van der Waals surface area (Å²) in [5.41, 5.74) is 3.71. The lowest BCUT2D eigenvalue weighted by Gasteiger charge is -2.07. The predicted molar refractivity (Wildman–Crippen MR) is 84.8 cm³/mol. The Labute approximate surface area is 129 Å². The van der Waals surface area contributed by atoms with Gasteiger partial charge in [0.25, 0.3) is 0 Å². The summed E-state index contributed by atoms with van der Waals surface area (Å²) >= 11 is 0. The van der Waals surface area contributed by atoms with Crippen molar-refractivity contribution in [3.63, 3.8) is 0 Å². The molecule has 0 fully saturated rings. The molecule has 0 unspecified atom stereocenters. The fourth-order valence-corrected chi connectivity index (χ4v) is 2.49. The van der Waals surface area contributed by atoms with E-state index in [2.05, 4.69) is 22.4 Å². The Bertz CT molecular complexity index is 736. The van der Waals surface area contributed by atoms with Gasteiger partial charge in [0.1, 0.15) is 5.69 Å². The van der Waals surface area contributed by atoms with Gasteiger partial charge in [-0.2, -0.15) is 0 Å². The average Bonchev–Trinajstić information content (AvgIpc) is 2.96. The first-order valence-corrected chi connectivity index (χ1v) is 7.32. The quantitative estimate of drug-likeness (QED) is 0.656. The molecule has 0 N–H and O–H groups in total. The molecule has 0 bridgehead atoms. The van der Waals surface area contributed by atoms with E-state index in [0.29, 0.717) is 12.2 Å². The highest BCUT2D eigenvalue weighted by molar-refractivity contribution is 5.73. The van der Waals surface area contributed by atoms with E-state index >= 15 is 0 Å². The molecule has 22 heavy (non-hydrogen) atoms. The number of aromatic nitrogens is 3. The topological polar surface area (TPSA) is 47.8 Å². The van der Waals surface area contributed by atoms with Gasteiger partial charge >= 0.3 is 0 Å². The zero-order chi connectivity index (χ0) is 15.2. The molecule has 0 saturated carbocycles. The molecule has 0 amide bonds. The zero-order valence-electron chi connectivity index (χ0n) is 12.2. The first-order chi connectivity index (χ1) is 10.9. The number of carbonyl (C=O) groups is 1. The van der Waals surface area contributed by atoms with E-state index < -0.39 is 0 Å². The van der Waals surface area contributed by atoms with Crippen LogP contribution in [0.3, 0.4) is 0 Å². The van der Waals surface area contributed by atoms with Crippen LogP contribution in [0.2, 0.25) is 0 Å². The van der Waals surface area contributed by atoms with Crippen molar-refractivity contribution in [3.8, 4) is 0 Å². The van der Waals surface area contributed by atoms with Gasteiger partial charge in [0.05, 0.1) is 12.2 Å². The van der Waals surface area contributed by atoms with Gasteiger partial charge in [0, 0.05) is 0 Å². The minimum absolute atomic E-state index is 0.437. The van der Waals surface area contributed by atoms with Crippen molar-refractivity contribution in [1.82, 2.24) is 15.0 Å². The summed E-state index contributed by atoms with van der Waals surface area (Å²) in [7, 11) is 0. The van der Waals surface area contributed by atoms with Gasteiger partial charge in [-0.05, 0) is 24.0 Å². The molecule has 0 atom stereocenters. The lowest BCUT2D eigenvalue weighted by Crippen LogP contribution is -2.08. The lowest BCUT2D eigenvalue weighted by atomic mass is 10.1. The molecule has 3 rings (SSSR count). The third-order valence-corrected chi connectivity index (χ3v) is 3.65. The van der Waals surface area contributed by atoms with Crippen LogP contribution in [-0.4, -0.2) is 21.3 Å². The van der Waals surface area contributed by atoms with Crippen molar-refractivity contribution in [2.45, 2.75) is 19.4 Å². The number of aldehydes is 1. The van der Waals surface area contributed by atoms with E-state index in [0.717, 1.165) is 30.4 Å². The maximum Gasteiger partial charge on any atom is 0.172 e. The molecule has 4 heteroatoms. The Morgan fingerprint density at radius 2 is 1.50 bits per heavy atom. The fraction of sp³-hybridized carbons (Fsp3) is 0.167. The average molecular weight is 291 g/mol. The number of hydrogen-bond donors (Lipinski definition) is 0. The molecular weight excluding hydrogens is 274 g/mol. The molecule has 1 aromatic heterocycles.